The van der Waals surface area contributed by atoms with Gasteiger partial charge in [-0.3, -0.25) is 10.1 Å². The number of hydrogen-bond donors (Lipinski definition) is 0. The van der Waals surface area contributed by atoms with Gasteiger partial charge in [0, 0.05) is 17.7 Å². The van der Waals surface area contributed by atoms with Gasteiger partial charge in [0.1, 0.15) is 12.4 Å². The Kier molecular flexibility index (Phi) is 6.68. The SMILES string of the molecule is N#CC(=Cc1cc(Cl)c(OCc2ccc([N+](=O)[O-])cc2)c(Cl)c1)c1ccccc1F. The van der Waals surface area contributed by atoms with E-state index in [1.807, 2.05) is 6.07 Å². The van der Waals surface area contributed by atoms with E-state index in [1.165, 1.54) is 30.3 Å². The second-order valence-corrected chi connectivity index (χ2v) is 6.99. The zero-order valence-corrected chi connectivity index (χ0v) is 16.8. The van der Waals surface area contributed by atoms with Gasteiger partial charge in [-0.2, -0.15) is 5.26 Å². The first-order chi connectivity index (χ1) is 14.4. The molecule has 0 amide bonds. The molecule has 30 heavy (non-hydrogen) atoms. The van der Waals surface area contributed by atoms with Gasteiger partial charge in [-0.05, 0) is 47.5 Å². The molecular formula is C22H13Cl2FN2O3. The maximum Gasteiger partial charge on any atom is 0.269 e. The molecule has 0 radical (unpaired) electrons. The van der Waals surface area contributed by atoms with Crippen molar-refractivity contribution in [2.75, 3.05) is 0 Å². The fourth-order valence-corrected chi connectivity index (χ4v) is 3.30. The molecule has 0 bridgehead atoms. The highest BCUT2D eigenvalue weighted by Gasteiger charge is 2.12. The van der Waals surface area contributed by atoms with Crippen LogP contribution in [0.2, 0.25) is 10.0 Å². The van der Waals surface area contributed by atoms with Gasteiger partial charge in [-0.1, -0.05) is 41.4 Å². The highest BCUT2D eigenvalue weighted by molar-refractivity contribution is 6.37. The lowest BCUT2D eigenvalue weighted by atomic mass is 10.0. The fourth-order valence-electron chi connectivity index (χ4n) is 2.69. The highest BCUT2D eigenvalue weighted by Crippen LogP contribution is 2.36. The molecule has 3 rings (SSSR count). The third-order valence-corrected chi connectivity index (χ3v) is 4.71. The van der Waals surface area contributed by atoms with Crippen molar-refractivity contribution in [3.63, 3.8) is 0 Å². The van der Waals surface area contributed by atoms with Gasteiger partial charge < -0.3 is 4.74 Å². The number of halogens is 3. The van der Waals surface area contributed by atoms with Crippen LogP contribution < -0.4 is 4.74 Å². The van der Waals surface area contributed by atoms with Gasteiger partial charge in [0.25, 0.3) is 5.69 Å². The average molecular weight is 443 g/mol. The summed E-state index contributed by atoms with van der Waals surface area (Å²) in [6.07, 6.45) is 1.48. The molecule has 3 aromatic rings. The number of ether oxygens (including phenoxy) is 1. The van der Waals surface area contributed by atoms with E-state index in [0.717, 1.165) is 0 Å². The fraction of sp³-hybridized carbons (Fsp3) is 0.0455. The molecule has 0 heterocycles. The third kappa shape index (κ3) is 4.95. The zero-order chi connectivity index (χ0) is 21.7. The van der Waals surface area contributed by atoms with Crippen LogP contribution in [0.5, 0.6) is 5.75 Å². The molecule has 0 aliphatic heterocycles. The molecule has 0 spiro atoms. The minimum Gasteiger partial charge on any atom is -0.486 e. The minimum atomic E-state index is -0.509. The van der Waals surface area contributed by atoms with E-state index in [1.54, 1.807) is 36.4 Å². The van der Waals surface area contributed by atoms with Crippen molar-refractivity contribution in [3.05, 3.63) is 103 Å². The Bertz CT molecular complexity index is 1150. The number of non-ortho nitro benzene ring substituents is 1. The first-order valence-corrected chi connectivity index (χ1v) is 9.36. The number of nitriles is 1. The van der Waals surface area contributed by atoms with Crippen LogP contribution in [0, 0.1) is 27.3 Å². The molecule has 0 atom stereocenters. The van der Waals surface area contributed by atoms with Crippen molar-refractivity contribution in [3.8, 4) is 11.8 Å². The Hall–Kier alpha value is -3.40. The molecule has 5 nitrogen and oxygen atoms in total. The Labute approximate surface area is 181 Å². The molecule has 0 aliphatic carbocycles. The third-order valence-electron chi connectivity index (χ3n) is 4.15. The van der Waals surface area contributed by atoms with E-state index in [2.05, 4.69) is 0 Å². The van der Waals surface area contributed by atoms with Crippen LogP contribution in [0.4, 0.5) is 10.1 Å². The zero-order valence-electron chi connectivity index (χ0n) is 15.3. The summed E-state index contributed by atoms with van der Waals surface area (Å²) in [6.45, 7) is 0.102. The first kappa shape index (κ1) is 21.3. The lowest BCUT2D eigenvalue weighted by molar-refractivity contribution is -0.384. The summed E-state index contributed by atoms with van der Waals surface area (Å²) in [4.78, 5) is 10.2. The quantitative estimate of drug-likeness (QED) is 0.184. The molecule has 0 N–H and O–H groups in total. The maximum absolute atomic E-state index is 14.0. The van der Waals surface area contributed by atoms with Gasteiger partial charge in [-0.15, -0.1) is 0 Å². The largest absolute Gasteiger partial charge is 0.486 e. The van der Waals surface area contributed by atoms with Crippen molar-refractivity contribution in [1.82, 2.24) is 0 Å². The standard InChI is InChI=1S/C22H13Cl2FN2O3/c23-19-10-15(9-16(12-26)18-3-1-2-4-21(18)25)11-20(24)22(19)30-13-14-5-7-17(8-6-14)27(28)29/h1-11H,13H2. The summed E-state index contributed by atoms with van der Waals surface area (Å²) < 4.78 is 19.6. The van der Waals surface area contributed by atoms with E-state index >= 15 is 0 Å². The van der Waals surface area contributed by atoms with E-state index in [4.69, 9.17) is 27.9 Å². The monoisotopic (exact) mass is 442 g/mol. The van der Waals surface area contributed by atoms with Crippen molar-refractivity contribution in [2.45, 2.75) is 6.61 Å². The summed E-state index contributed by atoms with van der Waals surface area (Å²) in [5, 5.41) is 20.5. The number of benzene rings is 3. The van der Waals surface area contributed by atoms with Crippen LogP contribution in [-0.4, -0.2) is 4.92 Å². The highest BCUT2D eigenvalue weighted by atomic mass is 35.5. The van der Waals surface area contributed by atoms with Gasteiger partial charge in [-0.25, -0.2) is 4.39 Å². The number of rotatable bonds is 6. The Morgan fingerprint density at radius 2 is 1.77 bits per heavy atom. The van der Waals surface area contributed by atoms with E-state index in [-0.39, 0.29) is 39.2 Å². The number of hydrogen-bond acceptors (Lipinski definition) is 4. The molecule has 0 unspecified atom stereocenters. The first-order valence-electron chi connectivity index (χ1n) is 8.61. The number of allylic oxidation sites excluding steroid dienone is 1. The molecule has 150 valence electrons. The number of nitrogens with zero attached hydrogens (tertiary/aromatic N) is 2. The Morgan fingerprint density at radius 1 is 1.13 bits per heavy atom. The Morgan fingerprint density at radius 3 is 2.33 bits per heavy atom. The molecule has 3 aromatic carbocycles. The maximum atomic E-state index is 14.0. The molecule has 0 aliphatic rings. The normalized spacial score (nSPS) is 11.1. The van der Waals surface area contributed by atoms with Crippen molar-refractivity contribution in [2.24, 2.45) is 0 Å². The van der Waals surface area contributed by atoms with Crippen molar-refractivity contribution in [1.29, 1.82) is 5.26 Å². The second-order valence-electron chi connectivity index (χ2n) is 6.18. The smallest absolute Gasteiger partial charge is 0.269 e. The van der Waals surface area contributed by atoms with E-state index < -0.39 is 10.7 Å². The summed E-state index contributed by atoms with van der Waals surface area (Å²) in [7, 11) is 0. The second kappa shape index (κ2) is 9.40. The predicted octanol–water partition coefficient (Wildman–Crippen LogP) is 6.68. The van der Waals surface area contributed by atoms with Crippen LogP contribution >= 0.6 is 23.2 Å². The van der Waals surface area contributed by atoms with Crippen LogP contribution in [0.25, 0.3) is 11.6 Å². The average Bonchev–Trinajstić information content (AvgIpc) is 2.72. The van der Waals surface area contributed by atoms with E-state index in [9.17, 15) is 19.8 Å². The van der Waals surface area contributed by atoms with Gasteiger partial charge in [0.05, 0.1) is 26.6 Å². The van der Waals surface area contributed by atoms with Crippen LogP contribution in [0.3, 0.4) is 0 Å². The molecule has 0 fully saturated rings. The molecule has 0 aromatic heterocycles. The van der Waals surface area contributed by atoms with Gasteiger partial charge in [0.15, 0.2) is 5.75 Å². The summed E-state index contributed by atoms with van der Waals surface area (Å²) in [5.41, 5.74) is 1.48. The lowest BCUT2D eigenvalue weighted by Crippen LogP contribution is -1.98. The predicted molar refractivity (Wildman–Crippen MR) is 114 cm³/mol. The summed E-state index contributed by atoms with van der Waals surface area (Å²) in [5.74, 6) is -0.274. The molecular weight excluding hydrogens is 430 g/mol. The van der Waals surface area contributed by atoms with Crippen LogP contribution in [0.1, 0.15) is 16.7 Å². The summed E-state index contributed by atoms with van der Waals surface area (Å²) in [6, 6.07) is 16.9. The molecule has 0 saturated carbocycles. The van der Waals surface area contributed by atoms with Gasteiger partial charge >= 0.3 is 0 Å². The number of nitro groups is 1. The minimum absolute atomic E-state index is 0.0193. The van der Waals surface area contributed by atoms with Crippen molar-refractivity contribution >= 4 is 40.5 Å². The lowest BCUT2D eigenvalue weighted by Gasteiger charge is -2.11. The van der Waals surface area contributed by atoms with Gasteiger partial charge in [0.2, 0.25) is 0 Å². The van der Waals surface area contributed by atoms with Crippen LogP contribution in [0.15, 0.2) is 60.7 Å². The molecule has 0 saturated heterocycles. The Balaban J connectivity index is 1.82. The van der Waals surface area contributed by atoms with Crippen molar-refractivity contribution < 1.29 is 14.1 Å². The summed E-state index contributed by atoms with van der Waals surface area (Å²) >= 11 is 12.6. The molecule has 8 heteroatoms. The topological polar surface area (TPSA) is 76.2 Å². The number of nitro benzene ring substituents is 1. The van der Waals surface area contributed by atoms with Crippen LogP contribution in [-0.2, 0) is 6.61 Å². The van der Waals surface area contributed by atoms with E-state index in [0.29, 0.717) is 11.1 Å².